The summed E-state index contributed by atoms with van der Waals surface area (Å²) in [5.74, 6) is 0. The van der Waals surface area contributed by atoms with E-state index < -0.39 is 0 Å². The third kappa shape index (κ3) is 2.97. The maximum absolute atomic E-state index is 9.51. The minimum Gasteiger partial charge on any atom is -0.364 e. The Bertz CT molecular complexity index is 968. The zero-order chi connectivity index (χ0) is 17.9. The van der Waals surface area contributed by atoms with Gasteiger partial charge < -0.3 is 4.90 Å². The topological polar surface area (TPSA) is 27.0 Å². The molecule has 128 valence electrons. The van der Waals surface area contributed by atoms with Crippen LogP contribution >= 0.6 is 0 Å². The summed E-state index contributed by atoms with van der Waals surface area (Å²) in [6.07, 6.45) is 1.90. The second-order valence-corrected chi connectivity index (χ2v) is 6.92. The standard InChI is InChI=1S/C24H22N2/c1-18-8-2-7-13-23(18)26-15-14-19-9-5-6-12-22(19)24(26)16-20-10-3-4-11-21(20)17-25/h2-13,24H,14-16H2,1H3. The van der Waals surface area contributed by atoms with Gasteiger partial charge >= 0.3 is 0 Å². The molecule has 0 amide bonds. The molecule has 0 saturated heterocycles. The zero-order valence-corrected chi connectivity index (χ0v) is 15.0. The van der Waals surface area contributed by atoms with Crippen molar-refractivity contribution in [2.75, 3.05) is 11.4 Å². The van der Waals surface area contributed by atoms with E-state index in [4.69, 9.17) is 0 Å². The number of para-hydroxylation sites is 1. The highest BCUT2D eigenvalue weighted by atomic mass is 15.2. The summed E-state index contributed by atoms with van der Waals surface area (Å²) in [7, 11) is 0. The summed E-state index contributed by atoms with van der Waals surface area (Å²) in [6.45, 7) is 3.18. The van der Waals surface area contributed by atoms with Crippen molar-refractivity contribution in [2.24, 2.45) is 0 Å². The van der Waals surface area contributed by atoms with Gasteiger partial charge in [0.25, 0.3) is 0 Å². The van der Waals surface area contributed by atoms with Gasteiger partial charge in [-0.1, -0.05) is 60.7 Å². The highest BCUT2D eigenvalue weighted by Crippen LogP contribution is 2.37. The third-order valence-corrected chi connectivity index (χ3v) is 5.39. The molecule has 2 nitrogen and oxygen atoms in total. The minimum atomic E-state index is 0.246. The van der Waals surface area contributed by atoms with Crippen LogP contribution in [0.3, 0.4) is 0 Å². The molecule has 1 unspecified atom stereocenters. The molecule has 2 heteroatoms. The molecule has 3 aromatic rings. The first-order valence-corrected chi connectivity index (χ1v) is 9.16. The van der Waals surface area contributed by atoms with E-state index in [0.717, 1.165) is 30.5 Å². The molecule has 0 fully saturated rings. The molecule has 0 bridgehead atoms. The van der Waals surface area contributed by atoms with Crippen molar-refractivity contribution >= 4 is 5.69 Å². The molecule has 0 aliphatic carbocycles. The summed E-state index contributed by atoms with van der Waals surface area (Å²) < 4.78 is 0. The first kappa shape index (κ1) is 16.4. The molecule has 1 aliphatic heterocycles. The van der Waals surface area contributed by atoms with Crippen molar-refractivity contribution in [3.8, 4) is 6.07 Å². The van der Waals surface area contributed by atoms with Crippen LogP contribution in [0.5, 0.6) is 0 Å². The van der Waals surface area contributed by atoms with Crippen LogP contribution in [-0.2, 0) is 12.8 Å². The summed E-state index contributed by atoms with van der Waals surface area (Å²) in [6, 6.07) is 27.9. The molecule has 4 rings (SSSR count). The Balaban J connectivity index is 1.80. The lowest BCUT2D eigenvalue weighted by molar-refractivity contribution is 0.578. The average Bonchev–Trinajstić information content (AvgIpc) is 2.69. The van der Waals surface area contributed by atoms with E-state index in [9.17, 15) is 5.26 Å². The molecule has 3 aromatic carbocycles. The molecule has 1 heterocycles. The van der Waals surface area contributed by atoms with Crippen molar-refractivity contribution in [2.45, 2.75) is 25.8 Å². The van der Waals surface area contributed by atoms with E-state index in [1.807, 2.05) is 18.2 Å². The molecular formula is C24H22N2. The SMILES string of the molecule is Cc1ccccc1N1CCc2ccccc2C1Cc1ccccc1C#N. The van der Waals surface area contributed by atoms with Crippen LogP contribution in [0, 0.1) is 18.3 Å². The number of nitrogens with zero attached hydrogens (tertiary/aromatic N) is 2. The van der Waals surface area contributed by atoms with Crippen LogP contribution in [0.1, 0.15) is 33.9 Å². The van der Waals surface area contributed by atoms with E-state index in [-0.39, 0.29) is 6.04 Å². The fourth-order valence-corrected chi connectivity index (χ4v) is 4.06. The lowest BCUT2D eigenvalue weighted by Crippen LogP contribution is -2.37. The number of hydrogen-bond donors (Lipinski definition) is 0. The highest BCUT2D eigenvalue weighted by Gasteiger charge is 2.28. The number of fused-ring (bicyclic) bond motifs is 1. The van der Waals surface area contributed by atoms with Gasteiger partial charge in [-0.05, 0) is 54.2 Å². The summed E-state index contributed by atoms with van der Waals surface area (Å²) in [4.78, 5) is 2.52. The number of nitriles is 1. The summed E-state index contributed by atoms with van der Waals surface area (Å²) in [5.41, 5.74) is 7.30. The Kier molecular flexibility index (Phi) is 4.46. The van der Waals surface area contributed by atoms with Crippen LogP contribution in [0.4, 0.5) is 5.69 Å². The van der Waals surface area contributed by atoms with Gasteiger partial charge in [0.05, 0.1) is 17.7 Å². The summed E-state index contributed by atoms with van der Waals surface area (Å²) in [5, 5.41) is 9.51. The molecule has 0 saturated carbocycles. The van der Waals surface area contributed by atoms with Gasteiger partial charge in [-0.3, -0.25) is 0 Å². The Morgan fingerprint density at radius 2 is 1.69 bits per heavy atom. The van der Waals surface area contributed by atoms with Crippen molar-refractivity contribution in [3.05, 3.63) is 101 Å². The van der Waals surface area contributed by atoms with E-state index in [2.05, 4.69) is 72.5 Å². The van der Waals surface area contributed by atoms with Gasteiger partial charge in [-0.15, -0.1) is 0 Å². The number of aryl methyl sites for hydroxylation is 1. The fourth-order valence-electron chi connectivity index (χ4n) is 4.06. The van der Waals surface area contributed by atoms with E-state index in [1.165, 1.54) is 22.4 Å². The van der Waals surface area contributed by atoms with Crippen molar-refractivity contribution in [1.29, 1.82) is 5.26 Å². The normalized spacial score (nSPS) is 16.0. The highest BCUT2D eigenvalue weighted by molar-refractivity contribution is 5.57. The predicted molar refractivity (Wildman–Crippen MR) is 106 cm³/mol. The third-order valence-electron chi connectivity index (χ3n) is 5.39. The zero-order valence-electron chi connectivity index (χ0n) is 15.0. The van der Waals surface area contributed by atoms with Crippen molar-refractivity contribution < 1.29 is 0 Å². The van der Waals surface area contributed by atoms with E-state index in [0.29, 0.717) is 0 Å². The average molecular weight is 338 g/mol. The maximum atomic E-state index is 9.51. The second-order valence-electron chi connectivity index (χ2n) is 6.92. The Hall–Kier alpha value is -3.05. The largest absolute Gasteiger partial charge is 0.364 e. The molecule has 1 aliphatic rings. The second kappa shape index (κ2) is 7.06. The Morgan fingerprint density at radius 1 is 0.962 bits per heavy atom. The number of hydrogen-bond acceptors (Lipinski definition) is 2. The predicted octanol–water partition coefficient (Wildman–Crippen LogP) is 5.21. The van der Waals surface area contributed by atoms with Gasteiger partial charge in [0.1, 0.15) is 0 Å². The molecule has 0 spiro atoms. The van der Waals surface area contributed by atoms with Gasteiger partial charge in [0.15, 0.2) is 0 Å². The molecule has 0 aromatic heterocycles. The number of rotatable bonds is 3. The summed E-state index contributed by atoms with van der Waals surface area (Å²) >= 11 is 0. The Labute approximate surface area is 155 Å². The van der Waals surface area contributed by atoms with E-state index >= 15 is 0 Å². The first-order valence-electron chi connectivity index (χ1n) is 9.16. The van der Waals surface area contributed by atoms with Crippen LogP contribution < -0.4 is 4.90 Å². The number of anilines is 1. The Morgan fingerprint density at radius 3 is 2.54 bits per heavy atom. The lowest BCUT2D eigenvalue weighted by Gasteiger charge is -2.40. The van der Waals surface area contributed by atoms with Crippen molar-refractivity contribution in [3.63, 3.8) is 0 Å². The van der Waals surface area contributed by atoms with Crippen LogP contribution in [0.15, 0.2) is 72.8 Å². The molecule has 0 N–H and O–H groups in total. The smallest absolute Gasteiger partial charge is 0.0994 e. The first-order chi connectivity index (χ1) is 12.8. The van der Waals surface area contributed by atoms with Gasteiger partial charge in [-0.2, -0.15) is 5.26 Å². The minimum absolute atomic E-state index is 0.246. The quantitative estimate of drug-likeness (QED) is 0.655. The number of benzene rings is 3. The maximum Gasteiger partial charge on any atom is 0.0994 e. The molecule has 1 atom stereocenters. The fraction of sp³-hybridized carbons (Fsp3) is 0.208. The van der Waals surface area contributed by atoms with E-state index in [1.54, 1.807) is 0 Å². The molecular weight excluding hydrogens is 316 g/mol. The lowest BCUT2D eigenvalue weighted by atomic mass is 9.87. The van der Waals surface area contributed by atoms with Gasteiger partial charge in [-0.25, -0.2) is 0 Å². The van der Waals surface area contributed by atoms with Gasteiger partial charge in [0, 0.05) is 12.2 Å². The van der Waals surface area contributed by atoms with Crippen LogP contribution in [0.25, 0.3) is 0 Å². The van der Waals surface area contributed by atoms with Crippen molar-refractivity contribution in [1.82, 2.24) is 0 Å². The van der Waals surface area contributed by atoms with Gasteiger partial charge in [0.2, 0.25) is 0 Å². The molecule has 0 radical (unpaired) electrons. The van der Waals surface area contributed by atoms with Crippen LogP contribution in [0.2, 0.25) is 0 Å². The monoisotopic (exact) mass is 338 g/mol. The van der Waals surface area contributed by atoms with Crippen LogP contribution in [-0.4, -0.2) is 6.54 Å². The molecule has 26 heavy (non-hydrogen) atoms.